The maximum atomic E-state index is 13.1. The summed E-state index contributed by atoms with van der Waals surface area (Å²) >= 11 is 1.40. The Bertz CT molecular complexity index is 1170. The van der Waals surface area contributed by atoms with E-state index in [0.717, 1.165) is 81.2 Å². The van der Waals surface area contributed by atoms with E-state index in [9.17, 15) is 13.6 Å². The van der Waals surface area contributed by atoms with Crippen molar-refractivity contribution in [2.24, 2.45) is 5.92 Å². The molecule has 7 nitrogen and oxygen atoms in total. The van der Waals surface area contributed by atoms with E-state index in [1.54, 1.807) is 10.7 Å². The van der Waals surface area contributed by atoms with Crippen LogP contribution in [0.2, 0.25) is 0 Å². The lowest BCUT2D eigenvalue weighted by molar-refractivity contribution is -0.0230. The molecule has 2 aliphatic rings. The van der Waals surface area contributed by atoms with Gasteiger partial charge in [0.25, 0.3) is 17.0 Å². The van der Waals surface area contributed by atoms with Crippen molar-refractivity contribution in [3.05, 3.63) is 46.7 Å². The Hall–Kier alpha value is -2.59. The molecule has 0 atom stereocenters. The minimum atomic E-state index is -2.85. The summed E-state index contributed by atoms with van der Waals surface area (Å²) in [7, 11) is 0. The van der Waals surface area contributed by atoms with Gasteiger partial charge < -0.3 is 10.1 Å². The third-order valence-corrected chi connectivity index (χ3v) is 8.02. The summed E-state index contributed by atoms with van der Waals surface area (Å²) in [4.78, 5) is 20.8. The first-order valence-corrected chi connectivity index (χ1v) is 13.1. The Morgan fingerprint density at radius 1 is 1.29 bits per heavy atom. The van der Waals surface area contributed by atoms with E-state index in [0.29, 0.717) is 16.7 Å². The number of amides is 1. The molecule has 3 aromatic rings. The maximum absolute atomic E-state index is 13.1. The van der Waals surface area contributed by atoms with Gasteiger partial charge in [0.05, 0.1) is 16.8 Å². The standard InChI is InChI=1S/C25H31F2N5O2S/c1-25(26,27)16-34-24-30-20-15-31(13-10-22(20)35-24)12-8-17-4-6-18(7-5-17)29-23(33)19-9-14-32-21(19)3-2-11-28-32/h2-3,9,11,14,17-18H,4-8,10,12-13,15-16H2,1H3,(H,29,33)/t17-,18-. The lowest BCUT2D eigenvalue weighted by Crippen LogP contribution is -2.38. The molecule has 1 N–H and O–H groups in total. The molecule has 0 radical (unpaired) electrons. The summed E-state index contributed by atoms with van der Waals surface area (Å²) in [6.07, 6.45) is 9.76. The summed E-state index contributed by atoms with van der Waals surface area (Å²) in [5, 5.41) is 7.79. The second kappa shape index (κ2) is 10.2. The number of fused-ring (bicyclic) bond motifs is 2. The van der Waals surface area contributed by atoms with Crippen molar-refractivity contribution in [1.82, 2.24) is 24.8 Å². The van der Waals surface area contributed by atoms with Crippen molar-refractivity contribution in [2.45, 2.75) is 64.0 Å². The van der Waals surface area contributed by atoms with E-state index in [1.165, 1.54) is 11.3 Å². The smallest absolute Gasteiger partial charge is 0.278 e. The molecule has 1 amide bonds. The number of nitrogens with one attached hydrogen (secondary N) is 1. The zero-order valence-electron chi connectivity index (χ0n) is 19.9. The molecule has 0 saturated heterocycles. The molecule has 5 rings (SSSR count). The number of rotatable bonds is 8. The van der Waals surface area contributed by atoms with Gasteiger partial charge in [0, 0.05) is 43.3 Å². The number of hydrogen-bond donors (Lipinski definition) is 1. The number of alkyl halides is 2. The quantitative estimate of drug-likeness (QED) is 0.488. The number of nitrogens with zero attached hydrogens (tertiary/aromatic N) is 4. The fourth-order valence-electron chi connectivity index (χ4n) is 5.03. The molecule has 3 aromatic heterocycles. The average Bonchev–Trinajstić information content (AvgIpc) is 3.45. The lowest BCUT2D eigenvalue weighted by atomic mass is 9.84. The second-order valence-corrected chi connectivity index (χ2v) is 10.8. The van der Waals surface area contributed by atoms with Crippen LogP contribution in [0.25, 0.3) is 5.52 Å². The first-order chi connectivity index (χ1) is 16.8. The van der Waals surface area contributed by atoms with Crippen LogP contribution in [0.5, 0.6) is 5.19 Å². The van der Waals surface area contributed by atoms with Crippen molar-refractivity contribution in [1.29, 1.82) is 0 Å². The topological polar surface area (TPSA) is 71.8 Å². The van der Waals surface area contributed by atoms with Gasteiger partial charge >= 0.3 is 0 Å². The Morgan fingerprint density at radius 2 is 2.11 bits per heavy atom. The number of carbonyl (C=O) groups is 1. The highest BCUT2D eigenvalue weighted by molar-refractivity contribution is 7.13. The van der Waals surface area contributed by atoms with Gasteiger partial charge in [-0.15, -0.1) is 0 Å². The van der Waals surface area contributed by atoms with Gasteiger partial charge in [-0.2, -0.15) is 5.10 Å². The van der Waals surface area contributed by atoms with Crippen LogP contribution in [0.3, 0.4) is 0 Å². The molecule has 0 bridgehead atoms. The van der Waals surface area contributed by atoms with Crippen LogP contribution in [-0.2, 0) is 13.0 Å². The minimum absolute atomic E-state index is 0.0256. The third-order valence-electron chi connectivity index (χ3n) is 6.95. The first kappa shape index (κ1) is 24.1. The predicted molar refractivity (Wildman–Crippen MR) is 130 cm³/mol. The van der Waals surface area contributed by atoms with Crippen LogP contribution in [0.15, 0.2) is 30.6 Å². The zero-order chi connectivity index (χ0) is 24.4. The van der Waals surface area contributed by atoms with Crippen molar-refractivity contribution in [3.63, 3.8) is 0 Å². The van der Waals surface area contributed by atoms with E-state index in [2.05, 4.69) is 20.3 Å². The molecule has 188 valence electrons. The van der Waals surface area contributed by atoms with E-state index < -0.39 is 12.5 Å². The van der Waals surface area contributed by atoms with Crippen LogP contribution in [-0.4, -0.2) is 57.1 Å². The molecule has 0 unspecified atom stereocenters. The summed E-state index contributed by atoms with van der Waals surface area (Å²) in [5.41, 5.74) is 2.46. The molecule has 0 aromatic carbocycles. The van der Waals surface area contributed by atoms with Gasteiger partial charge in [0.15, 0.2) is 6.61 Å². The molecule has 1 aliphatic heterocycles. The highest BCUT2D eigenvalue weighted by Gasteiger charge is 2.27. The fraction of sp³-hybridized carbons (Fsp3) is 0.560. The van der Waals surface area contributed by atoms with Gasteiger partial charge in [0.2, 0.25) is 0 Å². The maximum Gasteiger partial charge on any atom is 0.278 e. The number of thiazole rings is 1. The normalized spacial score (nSPS) is 21.1. The molecule has 35 heavy (non-hydrogen) atoms. The molecular formula is C25H31F2N5O2S. The SMILES string of the molecule is CC(F)(F)COc1nc2c(s1)CCN(CC[C@H]1CC[C@H](NC(=O)c3ccn4ncccc34)CC1)C2. The largest absolute Gasteiger partial charge is 0.464 e. The number of hydrogen-bond acceptors (Lipinski definition) is 6. The van der Waals surface area contributed by atoms with Crippen molar-refractivity contribution in [3.8, 4) is 5.19 Å². The lowest BCUT2D eigenvalue weighted by Gasteiger charge is -2.32. The number of ether oxygens (including phenoxy) is 1. The Morgan fingerprint density at radius 3 is 2.91 bits per heavy atom. The van der Waals surface area contributed by atoms with Gasteiger partial charge in [-0.05, 0) is 69.2 Å². The Balaban J connectivity index is 1.05. The first-order valence-electron chi connectivity index (χ1n) is 12.3. The third kappa shape index (κ3) is 5.98. The van der Waals surface area contributed by atoms with Gasteiger partial charge in [-0.1, -0.05) is 11.3 Å². The van der Waals surface area contributed by atoms with Crippen LogP contribution >= 0.6 is 11.3 Å². The summed E-state index contributed by atoms with van der Waals surface area (Å²) in [6.45, 7) is 2.94. The summed E-state index contributed by atoms with van der Waals surface area (Å²) in [6, 6.07) is 5.79. The van der Waals surface area contributed by atoms with Crippen LogP contribution in [0.4, 0.5) is 8.78 Å². The highest BCUT2D eigenvalue weighted by Crippen LogP contribution is 2.32. The van der Waals surface area contributed by atoms with Crippen LogP contribution in [0, 0.1) is 5.92 Å². The fourth-order valence-corrected chi connectivity index (χ4v) is 5.94. The van der Waals surface area contributed by atoms with Crippen LogP contribution in [0.1, 0.15) is 60.0 Å². The van der Waals surface area contributed by atoms with Gasteiger partial charge in [0.1, 0.15) is 0 Å². The highest BCUT2D eigenvalue weighted by atomic mass is 32.1. The number of carbonyl (C=O) groups excluding carboxylic acids is 1. The van der Waals surface area contributed by atoms with Gasteiger partial charge in [-0.25, -0.2) is 18.3 Å². The van der Waals surface area contributed by atoms with E-state index >= 15 is 0 Å². The summed E-state index contributed by atoms with van der Waals surface area (Å²) < 4.78 is 33.0. The Kier molecular flexibility index (Phi) is 7.02. The van der Waals surface area contributed by atoms with E-state index in [1.807, 2.05) is 24.4 Å². The molecule has 1 fully saturated rings. The molecule has 1 saturated carbocycles. The molecule has 10 heteroatoms. The number of halogens is 2. The molecule has 1 aliphatic carbocycles. The Labute approximate surface area is 207 Å². The van der Waals surface area contributed by atoms with E-state index in [4.69, 9.17) is 4.74 Å². The van der Waals surface area contributed by atoms with Crippen LogP contribution < -0.4 is 10.1 Å². The average molecular weight is 504 g/mol. The zero-order valence-corrected chi connectivity index (χ0v) is 20.7. The van der Waals surface area contributed by atoms with E-state index in [-0.39, 0.29) is 11.9 Å². The number of aromatic nitrogens is 3. The predicted octanol–water partition coefficient (Wildman–Crippen LogP) is 4.56. The molecule has 4 heterocycles. The second-order valence-electron chi connectivity index (χ2n) is 9.80. The molecule has 0 spiro atoms. The molecular weight excluding hydrogens is 472 g/mol. The summed E-state index contributed by atoms with van der Waals surface area (Å²) in [5.74, 6) is -2.22. The monoisotopic (exact) mass is 503 g/mol. The minimum Gasteiger partial charge on any atom is -0.464 e. The van der Waals surface area contributed by atoms with Crippen molar-refractivity contribution >= 4 is 22.8 Å². The van der Waals surface area contributed by atoms with Gasteiger partial charge in [-0.3, -0.25) is 9.69 Å². The van der Waals surface area contributed by atoms with Crippen molar-refractivity contribution in [2.75, 3.05) is 19.7 Å². The van der Waals surface area contributed by atoms with Crippen molar-refractivity contribution < 1.29 is 18.3 Å².